The average molecular weight is 336 g/mol. The van der Waals surface area contributed by atoms with Crippen molar-refractivity contribution in [1.82, 2.24) is 5.32 Å². The number of halogens is 1. The van der Waals surface area contributed by atoms with E-state index in [4.69, 9.17) is 22.0 Å². The Balaban J connectivity index is 2.91. The van der Waals surface area contributed by atoms with Crippen molar-refractivity contribution in [3.05, 3.63) is 40.6 Å². The minimum Gasteiger partial charge on any atom is -0.480 e. The lowest BCUT2D eigenvalue weighted by molar-refractivity contribution is -0.140. The van der Waals surface area contributed by atoms with Gasteiger partial charge < -0.3 is 15.7 Å². The highest BCUT2D eigenvalue weighted by molar-refractivity contribution is 6.31. The Labute approximate surface area is 139 Å². The van der Waals surface area contributed by atoms with E-state index in [1.165, 1.54) is 0 Å². The van der Waals surface area contributed by atoms with Gasteiger partial charge >= 0.3 is 5.97 Å². The maximum atomic E-state index is 12.1. The van der Waals surface area contributed by atoms with Crippen molar-refractivity contribution in [1.29, 1.82) is 5.26 Å². The first-order chi connectivity index (χ1) is 10.8. The first kappa shape index (κ1) is 18.5. The molecule has 122 valence electrons. The fraction of sp³-hybridized carbons (Fsp3) is 0.312. The summed E-state index contributed by atoms with van der Waals surface area (Å²) in [6, 6.07) is 5.87. The van der Waals surface area contributed by atoms with Crippen molar-refractivity contribution in [3.63, 3.8) is 0 Å². The van der Waals surface area contributed by atoms with E-state index < -0.39 is 17.9 Å². The number of hydrogen-bond acceptors (Lipinski definition) is 4. The van der Waals surface area contributed by atoms with Crippen molar-refractivity contribution in [2.24, 2.45) is 5.92 Å². The number of carboxylic acids is 1. The fourth-order valence-electron chi connectivity index (χ4n) is 1.79. The summed E-state index contributed by atoms with van der Waals surface area (Å²) in [5.41, 5.74) is 1.05. The number of hydrogen-bond donors (Lipinski definition) is 3. The van der Waals surface area contributed by atoms with Crippen LogP contribution >= 0.6 is 11.6 Å². The molecule has 0 aliphatic carbocycles. The molecule has 1 aromatic rings. The molecule has 1 rings (SSSR count). The van der Waals surface area contributed by atoms with E-state index in [2.05, 4.69) is 10.6 Å². The molecule has 0 bridgehead atoms. The molecule has 0 spiro atoms. The number of nitrogens with zero attached hydrogens (tertiary/aromatic N) is 1. The molecule has 0 aliphatic rings. The lowest BCUT2D eigenvalue weighted by atomic mass is 10.1. The zero-order valence-corrected chi connectivity index (χ0v) is 13.8. The average Bonchev–Trinajstić information content (AvgIpc) is 2.46. The van der Waals surface area contributed by atoms with Crippen LogP contribution in [0.15, 0.2) is 30.0 Å². The van der Waals surface area contributed by atoms with Crippen molar-refractivity contribution in [2.75, 3.05) is 5.32 Å². The lowest BCUT2D eigenvalue weighted by Gasteiger charge is -2.16. The SMILES string of the molecule is Cc1ccc(Cl)cc1NC(=O)/C(C#N)=C\NC(C(=O)O)C(C)C. The molecule has 7 heteroatoms. The fourth-order valence-corrected chi connectivity index (χ4v) is 1.96. The first-order valence-corrected chi connectivity index (χ1v) is 7.30. The summed E-state index contributed by atoms with van der Waals surface area (Å²) in [6.45, 7) is 5.24. The Hall–Kier alpha value is -2.52. The third-order valence-corrected chi connectivity index (χ3v) is 3.39. The number of carboxylic acid groups (broad SMARTS) is 1. The van der Waals surface area contributed by atoms with Gasteiger partial charge in [-0.25, -0.2) is 4.79 Å². The topological polar surface area (TPSA) is 102 Å². The van der Waals surface area contributed by atoms with Crippen LogP contribution in [0.3, 0.4) is 0 Å². The Bertz CT molecular complexity index is 678. The molecule has 0 saturated heterocycles. The van der Waals surface area contributed by atoms with E-state index in [-0.39, 0.29) is 11.5 Å². The number of anilines is 1. The number of nitrogens with one attached hydrogen (secondary N) is 2. The number of carbonyl (C=O) groups is 2. The van der Waals surface area contributed by atoms with Crippen molar-refractivity contribution in [3.8, 4) is 6.07 Å². The molecule has 1 amide bonds. The zero-order valence-electron chi connectivity index (χ0n) is 13.1. The second-order valence-corrected chi connectivity index (χ2v) is 5.75. The molecule has 0 saturated carbocycles. The Morgan fingerprint density at radius 3 is 2.57 bits per heavy atom. The van der Waals surface area contributed by atoms with Gasteiger partial charge in [0.2, 0.25) is 0 Å². The predicted molar refractivity (Wildman–Crippen MR) is 87.9 cm³/mol. The Morgan fingerprint density at radius 1 is 1.39 bits per heavy atom. The molecule has 0 fully saturated rings. The summed E-state index contributed by atoms with van der Waals surface area (Å²) >= 11 is 5.88. The Kier molecular flexibility index (Phi) is 6.61. The highest BCUT2D eigenvalue weighted by atomic mass is 35.5. The summed E-state index contributed by atoms with van der Waals surface area (Å²) in [6.07, 6.45) is 1.12. The number of aliphatic carboxylic acids is 1. The van der Waals surface area contributed by atoms with Gasteiger partial charge in [0.15, 0.2) is 0 Å². The van der Waals surface area contributed by atoms with Crippen LogP contribution in [0.2, 0.25) is 5.02 Å². The molecule has 3 N–H and O–H groups in total. The maximum Gasteiger partial charge on any atom is 0.326 e. The second-order valence-electron chi connectivity index (χ2n) is 5.31. The summed E-state index contributed by atoms with van der Waals surface area (Å²) < 4.78 is 0. The molecule has 0 heterocycles. The molecule has 1 atom stereocenters. The molecule has 1 unspecified atom stereocenters. The van der Waals surface area contributed by atoms with Crippen molar-refractivity contribution < 1.29 is 14.7 Å². The van der Waals surface area contributed by atoms with Crippen LogP contribution in [0, 0.1) is 24.2 Å². The normalized spacial score (nSPS) is 12.4. The minimum absolute atomic E-state index is 0.207. The minimum atomic E-state index is -1.06. The molecule has 1 aromatic carbocycles. The van der Waals surface area contributed by atoms with Crippen LogP contribution in [-0.2, 0) is 9.59 Å². The maximum absolute atomic E-state index is 12.1. The van der Waals surface area contributed by atoms with Crippen LogP contribution in [-0.4, -0.2) is 23.0 Å². The molecule has 6 nitrogen and oxygen atoms in total. The van der Waals surface area contributed by atoms with Gasteiger partial charge in [0.25, 0.3) is 5.91 Å². The third-order valence-electron chi connectivity index (χ3n) is 3.15. The molecule has 23 heavy (non-hydrogen) atoms. The zero-order chi connectivity index (χ0) is 17.6. The van der Waals surface area contributed by atoms with Crippen LogP contribution in [0.4, 0.5) is 5.69 Å². The number of rotatable bonds is 6. The number of nitriles is 1. The largest absolute Gasteiger partial charge is 0.480 e. The van der Waals surface area contributed by atoms with Gasteiger partial charge in [-0.15, -0.1) is 0 Å². The molecule has 0 aliphatic heterocycles. The van der Waals surface area contributed by atoms with E-state index in [1.54, 1.807) is 45.0 Å². The van der Waals surface area contributed by atoms with E-state index >= 15 is 0 Å². The van der Waals surface area contributed by atoms with Crippen molar-refractivity contribution >= 4 is 29.2 Å². The van der Waals surface area contributed by atoms with Gasteiger partial charge in [0.05, 0.1) is 0 Å². The van der Waals surface area contributed by atoms with E-state index in [1.807, 2.05) is 0 Å². The van der Waals surface area contributed by atoms with E-state index in [0.717, 1.165) is 11.8 Å². The summed E-state index contributed by atoms with van der Waals surface area (Å²) in [5.74, 6) is -1.90. The molecule has 0 radical (unpaired) electrons. The lowest BCUT2D eigenvalue weighted by Crippen LogP contribution is -2.38. The molecule has 0 aromatic heterocycles. The predicted octanol–water partition coefficient (Wildman–Crippen LogP) is 2.69. The number of carbonyl (C=O) groups excluding carboxylic acids is 1. The summed E-state index contributed by atoms with van der Waals surface area (Å²) in [5, 5.41) is 23.8. The standard InChI is InChI=1S/C16H18ClN3O3/c1-9(2)14(16(22)23)19-8-11(7-18)15(21)20-13-6-12(17)5-4-10(13)3/h4-6,8-9,14,19H,1-3H3,(H,20,21)(H,22,23)/b11-8-. The highest BCUT2D eigenvalue weighted by Gasteiger charge is 2.20. The van der Waals surface area contributed by atoms with Crippen molar-refractivity contribution in [2.45, 2.75) is 26.8 Å². The number of aryl methyl sites for hydroxylation is 1. The van der Waals surface area contributed by atoms with E-state index in [0.29, 0.717) is 10.7 Å². The molecular formula is C16H18ClN3O3. The van der Waals surface area contributed by atoms with E-state index in [9.17, 15) is 9.59 Å². The smallest absolute Gasteiger partial charge is 0.326 e. The monoisotopic (exact) mass is 335 g/mol. The van der Waals surface area contributed by atoms with Crippen LogP contribution in [0.25, 0.3) is 0 Å². The summed E-state index contributed by atoms with van der Waals surface area (Å²) in [4.78, 5) is 23.2. The number of benzene rings is 1. The van der Waals surface area contributed by atoms with Crippen LogP contribution in [0.5, 0.6) is 0 Å². The Morgan fingerprint density at radius 2 is 2.04 bits per heavy atom. The number of amides is 1. The first-order valence-electron chi connectivity index (χ1n) is 6.93. The van der Waals surface area contributed by atoms with Gasteiger partial charge in [-0.2, -0.15) is 5.26 Å². The van der Waals surface area contributed by atoms with Gasteiger partial charge in [-0.1, -0.05) is 31.5 Å². The third kappa shape index (κ3) is 5.31. The van der Waals surface area contributed by atoms with Crippen LogP contribution < -0.4 is 10.6 Å². The summed E-state index contributed by atoms with van der Waals surface area (Å²) in [7, 11) is 0. The van der Waals surface area contributed by atoms with Gasteiger partial charge in [-0.05, 0) is 30.5 Å². The molecular weight excluding hydrogens is 318 g/mol. The van der Waals surface area contributed by atoms with Gasteiger partial charge in [0.1, 0.15) is 17.7 Å². The quantitative estimate of drug-likeness (QED) is 0.548. The van der Waals surface area contributed by atoms with Crippen LogP contribution in [0.1, 0.15) is 19.4 Å². The van der Waals surface area contributed by atoms with Gasteiger partial charge in [-0.3, -0.25) is 4.79 Å². The highest BCUT2D eigenvalue weighted by Crippen LogP contribution is 2.20. The van der Waals surface area contributed by atoms with Gasteiger partial charge in [0, 0.05) is 16.9 Å². The second kappa shape index (κ2) is 8.20.